The van der Waals surface area contributed by atoms with Gasteiger partial charge in [0.2, 0.25) is 0 Å². The number of methoxy groups -OCH3 is 2. The van der Waals surface area contributed by atoms with Gasteiger partial charge in [-0.15, -0.1) is 0 Å². The number of hydrogen-bond acceptors (Lipinski definition) is 16. The van der Waals surface area contributed by atoms with Crippen molar-refractivity contribution in [1.82, 2.24) is 19.1 Å². The van der Waals surface area contributed by atoms with Crippen LogP contribution in [0.25, 0.3) is 0 Å². The van der Waals surface area contributed by atoms with Gasteiger partial charge in [-0.25, -0.2) is 9.59 Å². The van der Waals surface area contributed by atoms with E-state index < -0.39 is 94.2 Å². The van der Waals surface area contributed by atoms with Crippen molar-refractivity contribution in [2.75, 3.05) is 40.6 Å². The summed E-state index contributed by atoms with van der Waals surface area (Å²) in [6, 6.07) is 2.34. The van der Waals surface area contributed by atoms with E-state index in [9.17, 15) is 37.6 Å². The topological polar surface area (TPSA) is 255 Å². The molecule has 9 atom stereocenters. The highest BCUT2D eigenvalue weighted by Gasteiger charge is 2.45. The van der Waals surface area contributed by atoms with Crippen LogP contribution in [0.1, 0.15) is 55.3 Å². The van der Waals surface area contributed by atoms with Crippen molar-refractivity contribution in [3.05, 3.63) is 90.0 Å². The van der Waals surface area contributed by atoms with Gasteiger partial charge in [0, 0.05) is 58.1 Å². The van der Waals surface area contributed by atoms with Crippen LogP contribution in [0.4, 0.5) is 0 Å². The molecule has 0 amide bonds. The van der Waals surface area contributed by atoms with Gasteiger partial charge in [-0.3, -0.25) is 37.8 Å². The van der Waals surface area contributed by atoms with Crippen molar-refractivity contribution >= 4 is 40.8 Å². The molecule has 2 aromatic rings. The molecule has 4 rings (SSSR count). The second-order valence-electron chi connectivity index (χ2n) is 10.7. The fraction of sp³-hybridized carbons (Fsp3) is 0.613. The molecular formula is C31H51BN4O16P3S+. The van der Waals surface area contributed by atoms with Crippen LogP contribution in [-0.4, -0.2) is 108 Å². The number of aliphatic hydroxyl groups excluding tert-OH is 1. The lowest BCUT2D eigenvalue weighted by molar-refractivity contribution is -0.0491. The summed E-state index contributed by atoms with van der Waals surface area (Å²) in [5.41, 5.74) is -2.46. The number of aromatic nitrogens is 4. The average Bonchev–Trinajstić information content (AvgIpc) is 3.64. The minimum absolute atomic E-state index is 0. The highest BCUT2D eigenvalue weighted by atomic mass is 32.4. The van der Waals surface area contributed by atoms with Crippen molar-refractivity contribution in [1.29, 1.82) is 1.28 Å². The fourth-order valence-electron chi connectivity index (χ4n) is 5.01. The SMILES string of the molecule is C.CCOP(=O)(/C=C/[C@H]1O[C@@H](n2ccc(=O)[nH]c2=O)[C@@H](OC)C1O)OCC.[2H][P+]([B])=S=O.[3H]C1[C@@H](/C=C/P(=O)(OCC)OCC)O[C@@H](n2ccc(=O)[nH]c2=O)[C@H]1OC. The lowest BCUT2D eigenvalue weighted by atomic mass is 10.1. The number of ether oxygens (including phenoxy) is 4. The van der Waals surface area contributed by atoms with E-state index in [0.29, 0.717) is 0 Å². The summed E-state index contributed by atoms with van der Waals surface area (Å²) < 4.78 is 93.7. The predicted octanol–water partition coefficient (Wildman–Crippen LogP) is 2.72. The van der Waals surface area contributed by atoms with Gasteiger partial charge in [-0.1, -0.05) is 7.43 Å². The van der Waals surface area contributed by atoms with Crippen molar-refractivity contribution < 1.29 is 56.9 Å². The number of hydrogen-bond donors (Lipinski definition) is 3. The molecule has 0 aromatic carbocycles. The number of rotatable bonds is 16. The molecule has 2 aliphatic rings. The molecule has 3 N–H and O–H groups in total. The van der Waals surface area contributed by atoms with Crippen LogP contribution >= 0.6 is 22.4 Å². The molecule has 0 spiro atoms. The third kappa shape index (κ3) is 15.2. The second-order valence-corrected chi connectivity index (χ2v) is 15.9. The Kier molecular flexibility index (Phi) is 21.8. The van der Waals surface area contributed by atoms with Gasteiger partial charge in [0.15, 0.2) is 12.5 Å². The summed E-state index contributed by atoms with van der Waals surface area (Å²) in [7, 11) is -0.814. The minimum Gasteiger partial charge on any atom is -0.387 e. The Morgan fingerprint density at radius 1 is 0.911 bits per heavy atom. The molecule has 2 fully saturated rings. The maximum absolute atomic E-state index is 12.5. The summed E-state index contributed by atoms with van der Waals surface area (Å²) in [6.07, 6.45) is -1.99. The van der Waals surface area contributed by atoms with Gasteiger partial charge >= 0.3 is 35.4 Å². The van der Waals surface area contributed by atoms with Gasteiger partial charge in [-0.05, 0) is 39.8 Å². The van der Waals surface area contributed by atoms with E-state index in [-0.39, 0.29) is 44.7 Å². The predicted molar refractivity (Wildman–Crippen MR) is 212 cm³/mol. The first-order valence-corrected chi connectivity index (χ1v) is 22.1. The van der Waals surface area contributed by atoms with Crippen molar-refractivity contribution in [3.63, 3.8) is 0 Å². The van der Waals surface area contributed by atoms with Gasteiger partial charge in [0.05, 0.1) is 32.5 Å². The molecule has 56 heavy (non-hydrogen) atoms. The van der Waals surface area contributed by atoms with E-state index in [1.54, 1.807) is 27.7 Å². The van der Waals surface area contributed by atoms with Crippen LogP contribution in [0, 0.1) is 0 Å². The van der Waals surface area contributed by atoms with E-state index in [2.05, 4.69) is 17.5 Å². The summed E-state index contributed by atoms with van der Waals surface area (Å²) in [5.74, 6) is 2.48. The Hall–Kier alpha value is -2.68. The van der Waals surface area contributed by atoms with E-state index >= 15 is 0 Å². The summed E-state index contributed by atoms with van der Waals surface area (Å²) in [6.45, 7) is 7.52. The minimum atomic E-state index is -3.46. The molecule has 314 valence electrons. The highest BCUT2D eigenvalue weighted by Crippen LogP contribution is 2.51. The lowest BCUT2D eigenvalue weighted by Crippen LogP contribution is -2.38. The molecule has 0 bridgehead atoms. The molecule has 20 nitrogen and oxygen atoms in total. The van der Waals surface area contributed by atoms with Crippen molar-refractivity contribution in [3.8, 4) is 0 Å². The monoisotopic (exact) mass is 874 g/mol. The summed E-state index contributed by atoms with van der Waals surface area (Å²) in [4.78, 5) is 50.7. The zero-order valence-electron chi connectivity index (χ0n) is 32.9. The number of aromatic amines is 2. The fourth-order valence-corrected chi connectivity index (χ4v) is 7.70. The third-order valence-electron chi connectivity index (χ3n) is 7.20. The largest absolute Gasteiger partial charge is 0.459 e. The van der Waals surface area contributed by atoms with E-state index in [4.69, 9.17) is 39.7 Å². The highest BCUT2D eigenvalue weighted by molar-refractivity contribution is 8.10. The van der Waals surface area contributed by atoms with Crippen LogP contribution in [0.3, 0.4) is 0 Å². The Bertz CT molecular complexity index is 1890. The lowest BCUT2D eigenvalue weighted by Gasteiger charge is -2.19. The van der Waals surface area contributed by atoms with Crippen LogP contribution < -0.4 is 22.5 Å². The second kappa shape index (κ2) is 25.6. The number of aliphatic hydroxyl groups is 1. The third-order valence-corrected chi connectivity index (χ3v) is 11.1. The Morgan fingerprint density at radius 3 is 1.75 bits per heavy atom. The summed E-state index contributed by atoms with van der Waals surface area (Å²) >= 11 is 0. The molecule has 3 unspecified atom stereocenters. The smallest absolute Gasteiger partial charge is 0.387 e. The first kappa shape index (κ1) is 47.7. The van der Waals surface area contributed by atoms with E-state index in [1.807, 2.05) is 0 Å². The molecular weight excluding hydrogens is 820 g/mol. The zero-order chi connectivity index (χ0) is 42.9. The molecule has 2 saturated heterocycles. The Labute approximate surface area is 332 Å². The van der Waals surface area contributed by atoms with E-state index in [1.165, 1.54) is 56.5 Å². The molecule has 2 aromatic heterocycles. The molecule has 25 heteroatoms. The standard InChI is InChI=1S/C15H23N2O8P.C15H23N2O7P.CH4.BHOPS/c1-4-23-26(21,24-5-2)9-7-10-12(19)13(22-3)14(25-10)17-8-6-11(18)16-15(17)20;1-4-22-25(20,23-5-2)9-7-11-10-12(21-3)14(24-11)17-8-6-13(18)16-15(17)19;;1-3-4-2/h6-10,12-14,19H,4-5H2,1-3H3,(H,16,18,20);6-9,11-12,14H,4-5,10H2,1-3H3,(H,16,18,19);1H4;3H/q;;;+1/b2*9-7+;;/t10-,12?,13+,14-;11-,12+,14-;;/m11../s1/i;10T;;3D/t;10?,11-,12+,14-;;. The first-order chi connectivity index (χ1) is 27.0. The number of nitrogens with zero attached hydrogens (tertiary/aromatic N) is 2. The van der Waals surface area contributed by atoms with Crippen molar-refractivity contribution in [2.45, 2.75) is 84.5 Å². The van der Waals surface area contributed by atoms with Crippen LogP contribution in [0.2, 0.25) is 0 Å². The number of H-pyrrole nitrogens is 2. The van der Waals surface area contributed by atoms with Crippen molar-refractivity contribution in [2.24, 2.45) is 0 Å². The average molecular weight is 875 g/mol. The maximum Gasteiger partial charge on any atom is 0.459 e. The quantitative estimate of drug-likeness (QED) is 0.162. The van der Waals surface area contributed by atoms with Gasteiger partial charge < -0.3 is 42.1 Å². The molecule has 0 saturated carbocycles. The normalized spacial score (nSPS) is 25.7. The molecule has 4 heterocycles. The Balaban J connectivity index is 0.000000511. The first-order valence-electron chi connectivity index (χ1n) is 17.6. The zero-order valence-corrected chi connectivity index (χ0v) is 34.4. The van der Waals surface area contributed by atoms with Gasteiger partial charge in [0.1, 0.15) is 31.6 Å². The molecule has 0 aliphatic carbocycles. The Morgan fingerprint density at radius 2 is 1.36 bits per heavy atom. The van der Waals surface area contributed by atoms with Gasteiger partial charge in [-0.2, -0.15) is 4.21 Å². The van der Waals surface area contributed by atoms with E-state index in [0.717, 1.165) is 15.2 Å². The molecule has 2 radical (unpaired) electrons. The van der Waals surface area contributed by atoms with Crippen LogP contribution in [-0.2, 0) is 57.0 Å². The maximum atomic E-state index is 12.5. The van der Waals surface area contributed by atoms with Gasteiger partial charge in [0.25, 0.3) is 22.0 Å². The van der Waals surface area contributed by atoms with Crippen LogP contribution in [0.15, 0.2) is 67.5 Å². The molecule has 2 aliphatic heterocycles. The number of nitrogens with one attached hydrogen (secondary N) is 2. The van der Waals surface area contributed by atoms with Crippen LogP contribution in [0.5, 0.6) is 0 Å². The summed E-state index contributed by atoms with van der Waals surface area (Å²) in [5, 5.41) is 10.4.